The molecule has 426 valence electrons. The van der Waals surface area contributed by atoms with Crippen LogP contribution in [0.5, 0.6) is 0 Å². The summed E-state index contributed by atoms with van der Waals surface area (Å²) in [4.78, 5) is 93.0. The number of phosphoric ester groups is 4. The number of carbonyl (C=O) groups excluding carboxylic acids is 2. The Morgan fingerprint density at radius 3 is 1.25 bits per heavy atom. The van der Waals surface area contributed by atoms with Crippen molar-refractivity contribution in [2.75, 3.05) is 13.2 Å². The fraction of sp³-hybridized carbons (Fsp3) is 0.787. The van der Waals surface area contributed by atoms with Gasteiger partial charge in [-0.15, -0.1) is 0 Å². The summed E-state index contributed by atoms with van der Waals surface area (Å²) in [5, 5.41) is 21.9. The number of esters is 2. The lowest BCUT2D eigenvalue weighted by Gasteiger charge is -2.45. The molecule has 0 saturated heterocycles. The SMILES string of the molecule is CCCCCC=CCC=CCC=CCCCCCCC(=O)O[C@H](COC(=O)CCCCCCCCCC=CCCCCCC)COP(=O)(O)OC1C(O)C(OP(=O)(O)O)C(OP(=O)(O)O)[C@@H](OP(=O)(O)O)C1O. The number of allylic oxidation sites excluding steroid dienone is 8. The van der Waals surface area contributed by atoms with Gasteiger partial charge in [0.1, 0.15) is 43.2 Å². The second-order valence-electron chi connectivity index (χ2n) is 18.0. The number of rotatable bonds is 44. The molecule has 0 radical (unpaired) electrons. The molecule has 0 aromatic heterocycles. The zero-order valence-corrected chi connectivity index (χ0v) is 46.2. The molecular formula is C47H86O22P4. The predicted octanol–water partition coefficient (Wildman–Crippen LogP) is 9.52. The van der Waals surface area contributed by atoms with Crippen molar-refractivity contribution < 1.29 is 104 Å². The van der Waals surface area contributed by atoms with Crippen molar-refractivity contribution in [3.05, 3.63) is 48.6 Å². The zero-order valence-electron chi connectivity index (χ0n) is 42.6. The smallest absolute Gasteiger partial charge is 0.462 e. The van der Waals surface area contributed by atoms with Crippen molar-refractivity contribution in [2.45, 2.75) is 224 Å². The van der Waals surface area contributed by atoms with Crippen molar-refractivity contribution in [1.29, 1.82) is 0 Å². The number of aliphatic hydroxyl groups is 2. The second kappa shape index (κ2) is 39.6. The maximum atomic E-state index is 13.3. The van der Waals surface area contributed by atoms with Crippen LogP contribution >= 0.6 is 31.3 Å². The molecule has 1 aliphatic carbocycles. The van der Waals surface area contributed by atoms with E-state index in [4.69, 9.17) is 18.5 Å². The highest BCUT2D eigenvalue weighted by Crippen LogP contribution is 2.53. The summed E-state index contributed by atoms with van der Waals surface area (Å²) in [5.41, 5.74) is 0. The minimum atomic E-state index is -5.80. The maximum absolute atomic E-state index is 13.3. The average Bonchev–Trinajstić information content (AvgIpc) is 3.30. The molecule has 1 saturated carbocycles. The van der Waals surface area contributed by atoms with Crippen LogP contribution in [0.2, 0.25) is 0 Å². The van der Waals surface area contributed by atoms with Gasteiger partial charge in [-0.2, -0.15) is 0 Å². The molecular weight excluding hydrogens is 1040 g/mol. The molecule has 1 aliphatic rings. The largest absolute Gasteiger partial charge is 0.472 e. The standard InChI is InChI=1S/C47H86O22P4/c1-3-5-7-9-11-13-15-17-19-20-22-24-26-28-30-32-34-36-41(49)65-39(37-63-40(48)35-33-31-29-27-25-23-21-18-16-14-12-10-8-6-4-2)38-64-73(61,62)69-44-42(50)45(66-70(52,53)54)47(68-72(58,59)60)46(43(44)51)67-71(55,56)57/h11,13-14,16-17,19,22,24,39,42-47,50-51H,3-10,12,15,18,20-21,23,25-38H2,1-2H3,(H,61,62)(H2,52,53,54)(H2,55,56,57)(H2,58,59,60)/t39-,42?,43?,44?,45+,46?,47?/m1/s1. The van der Waals surface area contributed by atoms with Crippen LogP contribution in [0, 0.1) is 0 Å². The molecule has 0 heterocycles. The van der Waals surface area contributed by atoms with Gasteiger partial charge in [-0.3, -0.25) is 32.2 Å². The highest BCUT2D eigenvalue weighted by atomic mass is 31.2. The summed E-state index contributed by atoms with van der Waals surface area (Å²) >= 11 is 0. The molecule has 0 bridgehead atoms. The first-order chi connectivity index (χ1) is 34.5. The summed E-state index contributed by atoms with van der Waals surface area (Å²) in [7, 11) is -23.0. The molecule has 26 heteroatoms. The lowest BCUT2D eigenvalue weighted by molar-refractivity contribution is -0.209. The molecule has 9 N–H and O–H groups in total. The number of phosphoric acid groups is 4. The Morgan fingerprint density at radius 2 is 0.795 bits per heavy atom. The van der Waals surface area contributed by atoms with Crippen molar-refractivity contribution in [1.82, 2.24) is 0 Å². The molecule has 0 aromatic carbocycles. The third kappa shape index (κ3) is 37.6. The lowest BCUT2D eigenvalue weighted by atomic mass is 9.85. The Hall–Kier alpha value is -1.74. The van der Waals surface area contributed by atoms with Gasteiger partial charge in [0.05, 0.1) is 6.61 Å². The first kappa shape index (κ1) is 69.3. The van der Waals surface area contributed by atoms with E-state index in [0.717, 1.165) is 89.9 Å². The number of unbranched alkanes of at least 4 members (excludes halogenated alkanes) is 18. The minimum absolute atomic E-state index is 0.0226. The van der Waals surface area contributed by atoms with Crippen LogP contribution in [-0.4, -0.2) is 112 Å². The van der Waals surface area contributed by atoms with Gasteiger partial charge >= 0.3 is 43.2 Å². The molecule has 6 unspecified atom stereocenters. The van der Waals surface area contributed by atoms with E-state index in [9.17, 15) is 72.3 Å². The molecule has 0 spiro atoms. The molecule has 1 fully saturated rings. The van der Waals surface area contributed by atoms with Crippen LogP contribution in [0.1, 0.15) is 181 Å². The van der Waals surface area contributed by atoms with Crippen LogP contribution in [0.4, 0.5) is 0 Å². The molecule has 0 amide bonds. The fourth-order valence-corrected chi connectivity index (χ4v) is 10.3. The first-order valence-corrected chi connectivity index (χ1v) is 31.8. The van der Waals surface area contributed by atoms with Crippen LogP contribution in [0.3, 0.4) is 0 Å². The Morgan fingerprint density at radius 1 is 0.438 bits per heavy atom. The van der Waals surface area contributed by atoms with Gasteiger partial charge in [0.2, 0.25) is 0 Å². The number of hydrogen-bond donors (Lipinski definition) is 9. The van der Waals surface area contributed by atoms with Crippen molar-refractivity contribution in [2.24, 2.45) is 0 Å². The molecule has 73 heavy (non-hydrogen) atoms. The van der Waals surface area contributed by atoms with Gasteiger partial charge in [-0.25, -0.2) is 18.3 Å². The van der Waals surface area contributed by atoms with Crippen LogP contribution in [0.25, 0.3) is 0 Å². The van der Waals surface area contributed by atoms with E-state index < -0.39 is 99.2 Å². The van der Waals surface area contributed by atoms with Gasteiger partial charge in [-0.1, -0.05) is 140 Å². The van der Waals surface area contributed by atoms with E-state index in [1.165, 1.54) is 44.9 Å². The minimum Gasteiger partial charge on any atom is -0.462 e. The van der Waals surface area contributed by atoms with E-state index in [1.54, 1.807) is 0 Å². The first-order valence-electron chi connectivity index (χ1n) is 25.7. The molecule has 1 rings (SSSR count). The third-order valence-corrected chi connectivity index (χ3v) is 13.9. The predicted molar refractivity (Wildman–Crippen MR) is 272 cm³/mol. The Balaban J connectivity index is 2.89. The van der Waals surface area contributed by atoms with E-state index in [2.05, 4.69) is 76.0 Å². The molecule has 0 aliphatic heterocycles. The van der Waals surface area contributed by atoms with Crippen molar-refractivity contribution in [3.63, 3.8) is 0 Å². The summed E-state index contributed by atoms with van der Waals surface area (Å²) < 4.78 is 82.2. The lowest BCUT2D eigenvalue weighted by Crippen LogP contribution is -2.65. The molecule has 0 aromatic rings. The van der Waals surface area contributed by atoms with Crippen molar-refractivity contribution in [3.8, 4) is 0 Å². The number of carbonyl (C=O) groups is 2. The topological polar surface area (TPSA) is 349 Å². The van der Waals surface area contributed by atoms with Gasteiger partial charge in [-0.05, 0) is 77.0 Å². The quantitative estimate of drug-likeness (QED) is 0.0119. The molecule has 22 nitrogen and oxygen atoms in total. The Kier molecular flexibility index (Phi) is 37.6. The maximum Gasteiger partial charge on any atom is 0.472 e. The Labute approximate surface area is 431 Å². The second-order valence-corrected chi connectivity index (χ2v) is 22.9. The summed E-state index contributed by atoms with van der Waals surface area (Å²) in [6, 6.07) is 0. The fourth-order valence-electron chi connectivity index (χ4n) is 7.61. The van der Waals surface area contributed by atoms with E-state index >= 15 is 0 Å². The van der Waals surface area contributed by atoms with E-state index in [-0.39, 0.29) is 12.8 Å². The van der Waals surface area contributed by atoms with Gasteiger partial charge in [0.25, 0.3) is 0 Å². The number of aliphatic hydroxyl groups excluding tert-OH is 2. The zero-order chi connectivity index (χ0) is 54.6. The van der Waals surface area contributed by atoms with Gasteiger partial charge < -0.3 is 53.9 Å². The van der Waals surface area contributed by atoms with Crippen LogP contribution in [-0.2, 0) is 59.9 Å². The van der Waals surface area contributed by atoms with Gasteiger partial charge in [0.15, 0.2) is 6.10 Å². The van der Waals surface area contributed by atoms with Gasteiger partial charge in [0, 0.05) is 12.8 Å². The summed E-state index contributed by atoms with van der Waals surface area (Å²) in [5.74, 6) is -1.43. The van der Waals surface area contributed by atoms with Crippen LogP contribution < -0.4 is 0 Å². The summed E-state index contributed by atoms with van der Waals surface area (Å²) in [6.07, 6.45) is 23.0. The Bertz CT molecular complexity index is 1770. The molecule has 8 atom stereocenters. The van der Waals surface area contributed by atoms with Crippen molar-refractivity contribution >= 4 is 43.2 Å². The monoisotopic (exact) mass is 1130 g/mol. The van der Waals surface area contributed by atoms with E-state index in [0.29, 0.717) is 19.3 Å². The normalized spacial score (nSPS) is 21.4. The van der Waals surface area contributed by atoms with Crippen LogP contribution in [0.15, 0.2) is 48.6 Å². The number of hydrogen-bond acceptors (Lipinski definition) is 15. The highest BCUT2D eigenvalue weighted by molar-refractivity contribution is 7.47. The third-order valence-electron chi connectivity index (χ3n) is 11.3. The van der Waals surface area contributed by atoms with E-state index in [1.807, 2.05) is 0 Å². The summed E-state index contributed by atoms with van der Waals surface area (Å²) in [6.45, 7) is 2.70. The number of ether oxygens (including phenoxy) is 2. The average molecular weight is 1130 g/mol. The highest BCUT2D eigenvalue weighted by Gasteiger charge is 2.59.